The third-order valence-corrected chi connectivity index (χ3v) is 7.64. The van der Waals surface area contributed by atoms with E-state index in [9.17, 15) is 26.0 Å². The number of fused-ring (bicyclic) bond motifs is 2. The largest absolute Gasteiger partial charge is 0.471 e. The number of nitrogens with zero attached hydrogens (tertiary/aromatic N) is 4. The monoisotopic (exact) mass is 587 g/mol. The Morgan fingerprint density at radius 1 is 1.20 bits per heavy atom. The summed E-state index contributed by atoms with van der Waals surface area (Å²) in [6.07, 6.45) is -3.37. The van der Waals surface area contributed by atoms with Crippen molar-refractivity contribution in [1.82, 2.24) is 4.98 Å². The molecule has 9 nitrogen and oxygen atoms in total. The van der Waals surface area contributed by atoms with Crippen LogP contribution in [0.15, 0.2) is 63.1 Å². The van der Waals surface area contributed by atoms with Crippen molar-refractivity contribution in [2.24, 2.45) is 21.8 Å². The van der Waals surface area contributed by atoms with Gasteiger partial charge in [-0.2, -0.15) is 17.6 Å². The highest BCUT2D eigenvalue weighted by atomic mass is 32.2. The summed E-state index contributed by atoms with van der Waals surface area (Å²) in [4.78, 5) is 13.0. The van der Waals surface area contributed by atoms with E-state index >= 15 is 4.39 Å². The fourth-order valence-electron chi connectivity index (χ4n) is 4.57. The minimum atomic E-state index is -4.50. The fourth-order valence-corrected chi connectivity index (χ4v) is 5.21. The Balaban J connectivity index is 1.51. The van der Waals surface area contributed by atoms with Crippen LogP contribution in [-0.4, -0.2) is 71.7 Å². The molecule has 2 atom stereocenters. The second kappa shape index (κ2) is 11.5. The molecular formula is C25H26F5N5O4S. The Hall–Kier alpha value is -3.59. The van der Waals surface area contributed by atoms with Crippen LogP contribution in [0.4, 0.5) is 33.5 Å². The third-order valence-electron chi connectivity index (χ3n) is 6.53. The molecule has 1 N–H and O–H groups in total. The van der Waals surface area contributed by atoms with Crippen molar-refractivity contribution in [2.45, 2.75) is 17.2 Å². The molecule has 0 amide bonds. The maximum absolute atomic E-state index is 15.5. The normalized spacial score (nSPS) is 22.4. The molecule has 3 heterocycles. The smallest absolute Gasteiger partial charge is 0.417 e. The number of anilines is 2. The Kier molecular flexibility index (Phi) is 8.44. The van der Waals surface area contributed by atoms with Crippen LogP contribution in [0.2, 0.25) is 0 Å². The fraction of sp³-hybridized carbons (Fsp3) is 0.400. The van der Waals surface area contributed by atoms with Crippen LogP contribution in [0.5, 0.6) is 0 Å². The number of hydrogen-bond acceptors (Lipinski definition) is 8. The van der Waals surface area contributed by atoms with Crippen LogP contribution in [-0.2, 0) is 25.5 Å². The summed E-state index contributed by atoms with van der Waals surface area (Å²) < 4.78 is 104. The lowest BCUT2D eigenvalue weighted by molar-refractivity contribution is -0.137. The van der Waals surface area contributed by atoms with E-state index in [4.69, 9.17) is 9.47 Å². The van der Waals surface area contributed by atoms with Crippen molar-refractivity contribution in [1.29, 1.82) is 0 Å². The van der Waals surface area contributed by atoms with E-state index < -0.39 is 51.0 Å². The summed E-state index contributed by atoms with van der Waals surface area (Å²) in [7, 11) is -2.40. The Bertz CT molecular complexity index is 1420. The van der Waals surface area contributed by atoms with Crippen molar-refractivity contribution >= 4 is 33.9 Å². The van der Waals surface area contributed by atoms with E-state index in [2.05, 4.69) is 27.0 Å². The van der Waals surface area contributed by atoms with Crippen molar-refractivity contribution in [2.75, 3.05) is 49.8 Å². The summed E-state index contributed by atoms with van der Waals surface area (Å²) in [5.41, 5.74) is -1.08. The molecule has 2 aliphatic rings. The van der Waals surface area contributed by atoms with E-state index in [1.165, 1.54) is 19.2 Å². The summed E-state index contributed by atoms with van der Waals surface area (Å²) in [6, 6.07) is 5.37. The first-order valence-corrected chi connectivity index (χ1v) is 13.8. The Morgan fingerprint density at radius 3 is 2.38 bits per heavy atom. The van der Waals surface area contributed by atoms with Gasteiger partial charge < -0.3 is 19.7 Å². The average Bonchev–Trinajstić information content (AvgIpc) is 2.89. The highest BCUT2D eigenvalue weighted by Gasteiger charge is 2.43. The molecular weight excluding hydrogens is 561 g/mol. The van der Waals surface area contributed by atoms with Gasteiger partial charge in [-0.1, -0.05) is 0 Å². The molecule has 2 aliphatic heterocycles. The van der Waals surface area contributed by atoms with Crippen molar-refractivity contribution in [3.63, 3.8) is 0 Å². The van der Waals surface area contributed by atoms with Gasteiger partial charge in [-0.05, 0) is 37.0 Å². The molecule has 216 valence electrons. The van der Waals surface area contributed by atoms with Gasteiger partial charge in [-0.15, -0.1) is 0 Å². The lowest BCUT2D eigenvalue weighted by atomic mass is 9.84. The Morgan fingerprint density at radius 2 is 1.88 bits per heavy atom. The average molecular weight is 588 g/mol. The first-order chi connectivity index (χ1) is 18.8. The van der Waals surface area contributed by atoms with Crippen LogP contribution < -0.4 is 10.2 Å². The van der Waals surface area contributed by atoms with E-state index in [1.54, 1.807) is 0 Å². The lowest BCUT2D eigenvalue weighted by Gasteiger charge is -2.46. The zero-order valence-electron chi connectivity index (χ0n) is 21.5. The number of alkyl halides is 3. The van der Waals surface area contributed by atoms with Gasteiger partial charge in [0.2, 0.25) is 5.83 Å². The number of benzene rings is 1. The minimum absolute atomic E-state index is 0.228. The number of amidine groups is 1. The molecule has 2 unspecified atom stereocenters. The van der Waals surface area contributed by atoms with E-state index in [0.717, 1.165) is 30.7 Å². The molecule has 0 radical (unpaired) electrons. The minimum Gasteiger partial charge on any atom is -0.471 e. The highest BCUT2D eigenvalue weighted by molar-refractivity contribution is 7.90. The first-order valence-electron chi connectivity index (χ1n) is 11.9. The van der Waals surface area contributed by atoms with Crippen LogP contribution in [0.1, 0.15) is 5.56 Å². The summed E-state index contributed by atoms with van der Waals surface area (Å²) in [5.74, 6) is -3.18. The molecule has 1 aromatic carbocycles. The predicted molar refractivity (Wildman–Crippen MR) is 138 cm³/mol. The van der Waals surface area contributed by atoms with Gasteiger partial charge in [-0.25, -0.2) is 22.8 Å². The van der Waals surface area contributed by atoms with Crippen molar-refractivity contribution < 1.29 is 39.8 Å². The summed E-state index contributed by atoms with van der Waals surface area (Å²) >= 11 is 0. The van der Waals surface area contributed by atoms with Crippen LogP contribution >= 0.6 is 0 Å². The SMILES string of the molecule is C=NC(OC1C2COCC1CN(c1ccc(C(F)(F)F)cn1)C2)=C(F)C(=NC)Nc1ccc(S(C)(=O)=O)cc1F. The first kappa shape index (κ1) is 29.4. The van der Waals surface area contributed by atoms with E-state index in [0.29, 0.717) is 18.9 Å². The van der Waals surface area contributed by atoms with E-state index in [-0.39, 0.29) is 35.6 Å². The number of aromatic nitrogens is 1. The van der Waals surface area contributed by atoms with Gasteiger partial charge in [0.15, 0.2) is 15.7 Å². The molecule has 2 aromatic rings. The Labute approximate surface area is 227 Å². The number of nitrogens with one attached hydrogen (secondary N) is 1. The molecule has 2 bridgehead atoms. The maximum atomic E-state index is 15.5. The molecule has 4 rings (SSSR count). The van der Waals surface area contributed by atoms with Gasteiger partial charge in [0.25, 0.3) is 5.88 Å². The number of pyridine rings is 1. The zero-order valence-corrected chi connectivity index (χ0v) is 22.3. The maximum Gasteiger partial charge on any atom is 0.417 e. The lowest BCUT2D eigenvalue weighted by Crippen LogP contribution is -2.56. The molecule has 0 aliphatic carbocycles. The number of aliphatic imine (C=N–C) groups is 2. The van der Waals surface area contributed by atoms with Crippen molar-refractivity contribution in [3.05, 3.63) is 59.6 Å². The molecule has 40 heavy (non-hydrogen) atoms. The molecule has 15 heteroatoms. The zero-order chi connectivity index (χ0) is 29.2. The quantitative estimate of drug-likeness (QED) is 0.225. The highest BCUT2D eigenvalue weighted by Crippen LogP contribution is 2.35. The second-order valence-electron chi connectivity index (χ2n) is 9.34. The number of sulfone groups is 1. The standard InChI is InChI=1S/C25H26F5N5O4S/c1-31-23(34-19-6-5-17(8-18(19)26)40(3,36)37)21(27)24(32-2)39-22-14-10-35(11-15(22)13-38-12-14)20-7-4-16(9-33-20)25(28,29)30/h4-9,14-15,22H,2,10-13H2,1,3H3,(H,31,34). The topological polar surface area (TPSA) is 105 Å². The van der Waals surface area contributed by atoms with Gasteiger partial charge in [-0.3, -0.25) is 4.99 Å². The molecule has 2 fully saturated rings. The van der Waals surface area contributed by atoms with Crippen LogP contribution in [0.25, 0.3) is 0 Å². The number of ether oxygens (including phenoxy) is 2. The van der Waals surface area contributed by atoms with Crippen LogP contribution in [0.3, 0.4) is 0 Å². The van der Waals surface area contributed by atoms with Gasteiger partial charge in [0, 0.05) is 44.4 Å². The van der Waals surface area contributed by atoms with Gasteiger partial charge in [0.05, 0.1) is 29.4 Å². The number of piperidine rings is 1. The number of rotatable bonds is 7. The van der Waals surface area contributed by atoms with E-state index in [1.807, 2.05) is 4.90 Å². The number of halogens is 5. The van der Waals surface area contributed by atoms with Crippen LogP contribution in [0, 0.1) is 17.7 Å². The molecule has 1 aromatic heterocycles. The number of hydrogen-bond donors (Lipinski definition) is 1. The van der Waals surface area contributed by atoms with Gasteiger partial charge >= 0.3 is 6.18 Å². The van der Waals surface area contributed by atoms with Gasteiger partial charge in [0.1, 0.15) is 17.7 Å². The molecule has 0 spiro atoms. The summed E-state index contributed by atoms with van der Waals surface area (Å²) in [5, 5.41) is 2.48. The third kappa shape index (κ3) is 6.41. The second-order valence-corrected chi connectivity index (χ2v) is 11.4. The van der Waals surface area contributed by atoms with Crippen molar-refractivity contribution in [3.8, 4) is 0 Å². The molecule has 0 saturated carbocycles. The molecule has 2 saturated heterocycles. The predicted octanol–water partition coefficient (Wildman–Crippen LogP) is 4.09. The summed E-state index contributed by atoms with van der Waals surface area (Å²) in [6.45, 7) is 4.49.